The molecule has 0 radical (unpaired) electrons. The highest BCUT2D eigenvalue weighted by molar-refractivity contribution is 8.76. The summed E-state index contributed by atoms with van der Waals surface area (Å²) in [5.41, 5.74) is 1.51. The zero-order chi connectivity index (χ0) is 21.6. The van der Waals surface area contributed by atoms with E-state index in [1.54, 1.807) is 21.6 Å². The second-order valence-electron chi connectivity index (χ2n) is 6.16. The standard InChI is InChI=1S/C22H28N2O4S2/c1-3-27-19-9-5-17(6-10-19)23-21(25)13-15-29-30-16-14-22(26)24-18-7-11-20(12-8-18)28-4-2/h5-12H,3-4,13-16H2,1-2H3,(H,23,25)(H,24,26). The van der Waals surface area contributed by atoms with E-state index < -0.39 is 0 Å². The van der Waals surface area contributed by atoms with Gasteiger partial charge in [-0.2, -0.15) is 0 Å². The highest BCUT2D eigenvalue weighted by atomic mass is 33.1. The minimum Gasteiger partial charge on any atom is -0.494 e. The second-order valence-corrected chi connectivity index (χ2v) is 8.86. The number of ether oxygens (including phenoxy) is 2. The van der Waals surface area contributed by atoms with Crippen molar-refractivity contribution in [3.63, 3.8) is 0 Å². The molecule has 6 nitrogen and oxygen atoms in total. The Morgan fingerprint density at radius 3 is 1.40 bits per heavy atom. The lowest BCUT2D eigenvalue weighted by atomic mass is 10.3. The number of nitrogens with one attached hydrogen (secondary N) is 2. The van der Waals surface area contributed by atoms with Crippen LogP contribution in [0.4, 0.5) is 11.4 Å². The van der Waals surface area contributed by atoms with E-state index in [1.807, 2.05) is 62.4 Å². The largest absolute Gasteiger partial charge is 0.494 e. The molecule has 30 heavy (non-hydrogen) atoms. The van der Waals surface area contributed by atoms with Crippen LogP contribution < -0.4 is 20.1 Å². The lowest BCUT2D eigenvalue weighted by Crippen LogP contribution is -2.12. The lowest BCUT2D eigenvalue weighted by molar-refractivity contribution is -0.116. The topological polar surface area (TPSA) is 76.7 Å². The quantitative estimate of drug-likeness (QED) is 0.323. The molecule has 0 aliphatic rings. The maximum absolute atomic E-state index is 12.0. The van der Waals surface area contributed by atoms with Crippen LogP contribution in [0.5, 0.6) is 11.5 Å². The summed E-state index contributed by atoms with van der Waals surface area (Å²) in [5.74, 6) is 2.89. The van der Waals surface area contributed by atoms with Gasteiger partial charge >= 0.3 is 0 Å². The number of hydrogen-bond donors (Lipinski definition) is 2. The molecule has 0 aliphatic heterocycles. The third kappa shape index (κ3) is 9.45. The van der Waals surface area contributed by atoms with Gasteiger partial charge in [-0.15, -0.1) is 0 Å². The predicted octanol–water partition coefficient (Wildman–Crippen LogP) is 5.22. The molecule has 2 aromatic rings. The van der Waals surface area contributed by atoms with Crippen molar-refractivity contribution >= 4 is 44.8 Å². The average Bonchev–Trinajstić information content (AvgIpc) is 2.74. The molecule has 2 aromatic carbocycles. The summed E-state index contributed by atoms with van der Waals surface area (Å²) < 4.78 is 10.8. The zero-order valence-electron chi connectivity index (χ0n) is 17.3. The summed E-state index contributed by atoms with van der Waals surface area (Å²) in [6, 6.07) is 14.7. The Balaban J connectivity index is 1.54. The summed E-state index contributed by atoms with van der Waals surface area (Å²) in [7, 11) is 3.19. The van der Waals surface area contributed by atoms with Gasteiger partial charge in [-0.25, -0.2) is 0 Å². The van der Waals surface area contributed by atoms with Gasteiger partial charge in [-0.3, -0.25) is 9.59 Å². The van der Waals surface area contributed by atoms with Crippen molar-refractivity contribution in [3.05, 3.63) is 48.5 Å². The molecule has 2 N–H and O–H groups in total. The molecule has 0 fully saturated rings. The van der Waals surface area contributed by atoms with Crippen molar-refractivity contribution < 1.29 is 19.1 Å². The normalized spacial score (nSPS) is 10.3. The molecule has 0 atom stereocenters. The van der Waals surface area contributed by atoms with Gasteiger partial charge < -0.3 is 20.1 Å². The van der Waals surface area contributed by atoms with Crippen molar-refractivity contribution in [2.75, 3.05) is 35.4 Å². The maximum atomic E-state index is 12.0. The van der Waals surface area contributed by atoms with Gasteiger partial charge in [0.05, 0.1) is 13.2 Å². The van der Waals surface area contributed by atoms with Crippen LogP contribution >= 0.6 is 21.6 Å². The van der Waals surface area contributed by atoms with E-state index in [0.29, 0.717) is 37.6 Å². The number of rotatable bonds is 13. The van der Waals surface area contributed by atoms with Crippen molar-refractivity contribution in [1.82, 2.24) is 0 Å². The van der Waals surface area contributed by atoms with Gasteiger partial charge in [-0.05, 0) is 62.4 Å². The van der Waals surface area contributed by atoms with Crippen molar-refractivity contribution in [3.8, 4) is 11.5 Å². The third-order valence-electron chi connectivity index (χ3n) is 3.81. The monoisotopic (exact) mass is 448 g/mol. The SMILES string of the molecule is CCOc1ccc(NC(=O)CCSSCCC(=O)Nc2ccc(OCC)cc2)cc1. The number of hydrogen-bond acceptors (Lipinski definition) is 6. The fraction of sp³-hybridized carbons (Fsp3) is 0.364. The van der Waals surface area contributed by atoms with Crippen molar-refractivity contribution in [1.29, 1.82) is 0 Å². The highest BCUT2D eigenvalue weighted by Gasteiger charge is 2.05. The van der Waals surface area contributed by atoms with E-state index in [0.717, 1.165) is 22.9 Å². The van der Waals surface area contributed by atoms with Gasteiger partial charge in [0.1, 0.15) is 11.5 Å². The van der Waals surface area contributed by atoms with E-state index in [1.165, 1.54) is 0 Å². The van der Waals surface area contributed by atoms with E-state index in [2.05, 4.69) is 10.6 Å². The molecule has 162 valence electrons. The fourth-order valence-corrected chi connectivity index (χ4v) is 4.42. The number of carbonyl (C=O) groups excluding carboxylic acids is 2. The van der Waals surface area contributed by atoms with Crippen LogP contribution in [0, 0.1) is 0 Å². The Labute approximate surface area is 185 Å². The Kier molecular flexibility index (Phi) is 11.0. The Morgan fingerprint density at radius 2 is 1.07 bits per heavy atom. The average molecular weight is 449 g/mol. The molecule has 0 bridgehead atoms. The molecule has 2 amide bonds. The van der Waals surface area contributed by atoms with Crippen LogP contribution in [0.2, 0.25) is 0 Å². The zero-order valence-corrected chi connectivity index (χ0v) is 18.9. The Bertz CT molecular complexity index is 715. The van der Waals surface area contributed by atoms with E-state index in [9.17, 15) is 9.59 Å². The molecule has 2 rings (SSSR count). The van der Waals surface area contributed by atoms with Gasteiger partial charge in [0.25, 0.3) is 0 Å². The minimum atomic E-state index is -0.0273. The maximum Gasteiger partial charge on any atom is 0.225 e. The summed E-state index contributed by atoms with van der Waals surface area (Å²) in [6.07, 6.45) is 0.840. The summed E-state index contributed by atoms with van der Waals surface area (Å²) >= 11 is 0. The lowest BCUT2D eigenvalue weighted by Gasteiger charge is -2.08. The van der Waals surface area contributed by atoms with Gasteiger partial charge in [0.15, 0.2) is 0 Å². The first-order chi connectivity index (χ1) is 14.6. The van der Waals surface area contributed by atoms with Gasteiger partial charge in [0, 0.05) is 35.7 Å². The summed E-state index contributed by atoms with van der Waals surface area (Å²) in [4.78, 5) is 24.0. The molecular weight excluding hydrogens is 420 g/mol. The summed E-state index contributed by atoms with van der Waals surface area (Å²) in [6.45, 7) is 5.09. The van der Waals surface area contributed by atoms with E-state index in [-0.39, 0.29) is 11.8 Å². The van der Waals surface area contributed by atoms with Crippen LogP contribution in [0.25, 0.3) is 0 Å². The second kappa shape index (κ2) is 13.8. The van der Waals surface area contributed by atoms with Gasteiger partial charge in [0.2, 0.25) is 11.8 Å². The first-order valence-corrected chi connectivity index (χ1v) is 12.4. The first-order valence-electron chi connectivity index (χ1n) is 9.90. The van der Waals surface area contributed by atoms with Crippen molar-refractivity contribution in [2.24, 2.45) is 0 Å². The number of anilines is 2. The first kappa shape index (κ1) is 24.0. The summed E-state index contributed by atoms with van der Waals surface area (Å²) in [5, 5.41) is 5.74. The third-order valence-corrected chi connectivity index (χ3v) is 6.21. The molecule has 0 spiro atoms. The molecule has 0 aliphatic carbocycles. The highest BCUT2D eigenvalue weighted by Crippen LogP contribution is 2.23. The number of benzene rings is 2. The van der Waals surface area contributed by atoms with Crippen LogP contribution in [-0.4, -0.2) is 36.5 Å². The number of amides is 2. The molecule has 0 unspecified atom stereocenters. The van der Waals surface area contributed by atoms with Crippen LogP contribution in [-0.2, 0) is 9.59 Å². The molecule has 8 heteroatoms. The van der Waals surface area contributed by atoms with E-state index >= 15 is 0 Å². The van der Waals surface area contributed by atoms with Crippen LogP contribution in [0.1, 0.15) is 26.7 Å². The predicted molar refractivity (Wildman–Crippen MR) is 127 cm³/mol. The van der Waals surface area contributed by atoms with Gasteiger partial charge in [-0.1, -0.05) is 21.6 Å². The van der Waals surface area contributed by atoms with E-state index in [4.69, 9.17) is 9.47 Å². The van der Waals surface area contributed by atoms with Crippen molar-refractivity contribution in [2.45, 2.75) is 26.7 Å². The molecule has 0 heterocycles. The minimum absolute atomic E-state index is 0.0273. The fourth-order valence-electron chi connectivity index (χ4n) is 2.44. The molecule has 0 saturated carbocycles. The Hall–Kier alpha value is -2.32. The molecule has 0 saturated heterocycles. The van der Waals surface area contributed by atoms with Crippen LogP contribution in [0.15, 0.2) is 48.5 Å². The molecular formula is C22H28N2O4S2. The number of carbonyl (C=O) groups is 2. The Morgan fingerprint density at radius 1 is 0.700 bits per heavy atom. The smallest absolute Gasteiger partial charge is 0.225 e. The molecule has 0 aromatic heterocycles. The van der Waals surface area contributed by atoms with Crippen LogP contribution in [0.3, 0.4) is 0 Å².